The van der Waals surface area contributed by atoms with Crippen molar-refractivity contribution in [1.29, 1.82) is 0 Å². The number of carbonyl (C=O) groups is 2. The van der Waals surface area contributed by atoms with Gasteiger partial charge < -0.3 is 4.57 Å². The van der Waals surface area contributed by atoms with Gasteiger partial charge in [0.05, 0.1) is 11.1 Å². The van der Waals surface area contributed by atoms with Gasteiger partial charge in [-0.3, -0.25) is 9.59 Å². The summed E-state index contributed by atoms with van der Waals surface area (Å²) in [7, 11) is 1.96. The third-order valence-corrected chi connectivity index (χ3v) is 5.50. The first kappa shape index (κ1) is 15.8. The first-order valence-corrected chi connectivity index (χ1v) is 9.09. The maximum atomic E-state index is 12.5. The summed E-state index contributed by atoms with van der Waals surface area (Å²) < 4.78 is 2.01. The number of ketones is 2. The minimum atomic E-state index is -0.376. The van der Waals surface area contributed by atoms with E-state index in [1.807, 2.05) is 48.0 Å². The second-order valence-corrected chi connectivity index (χ2v) is 7.23. The molecule has 0 N–H and O–H groups in total. The van der Waals surface area contributed by atoms with E-state index in [-0.39, 0.29) is 28.5 Å². The Morgan fingerprint density at radius 1 is 1.00 bits per heavy atom. The number of aryl methyl sites for hydroxylation is 1. The van der Waals surface area contributed by atoms with Crippen molar-refractivity contribution in [2.75, 3.05) is 0 Å². The summed E-state index contributed by atoms with van der Waals surface area (Å²) in [6, 6.07) is 11.9. The van der Waals surface area contributed by atoms with Crippen molar-refractivity contribution in [2.24, 2.45) is 7.05 Å². The van der Waals surface area contributed by atoms with Gasteiger partial charge >= 0.3 is 0 Å². The predicted octanol–water partition coefficient (Wildman–Crippen LogP) is 3.55. The number of Topliss-reactive ketones (excluding diaryl/α,β-unsaturated/α-hetero) is 2. The average molecular weight is 372 g/mol. The number of fused-ring (bicyclic) bond motifs is 2. The third-order valence-electron chi connectivity index (χ3n) is 4.54. The van der Waals surface area contributed by atoms with Crippen molar-refractivity contribution in [3.8, 4) is 11.4 Å². The van der Waals surface area contributed by atoms with Gasteiger partial charge in [0.25, 0.3) is 0 Å². The number of benzene rings is 1. The Kier molecular flexibility index (Phi) is 3.38. The van der Waals surface area contributed by atoms with Gasteiger partial charge in [0.1, 0.15) is 22.0 Å². The molecule has 0 spiro atoms. The van der Waals surface area contributed by atoms with Crippen LogP contribution in [0.25, 0.3) is 27.8 Å². The van der Waals surface area contributed by atoms with Crippen LogP contribution in [0.15, 0.2) is 54.4 Å². The Hall–Kier alpha value is -3.45. The zero-order chi connectivity index (χ0) is 18.5. The van der Waals surface area contributed by atoms with E-state index in [4.69, 9.17) is 4.98 Å². The molecule has 1 aliphatic rings. The molecule has 4 aromatic rings. The Bertz CT molecular complexity index is 1230. The Morgan fingerprint density at radius 3 is 2.30 bits per heavy atom. The Labute approximate surface area is 157 Å². The Morgan fingerprint density at radius 2 is 1.67 bits per heavy atom. The monoisotopic (exact) mass is 372 g/mol. The van der Waals surface area contributed by atoms with Gasteiger partial charge in [-0.1, -0.05) is 30.3 Å². The molecule has 0 atom stereocenters. The van der Waals surface area contributed by atoms with Crippen LogP contribution in [-0.2, 0) is 7.05 Å². The summed E-state index contributed by atoms with van der Waals surface area (Å²) in [6.07, 6.45) is 4.45. The maximum absolute atomic E-state index is 12.5. The van der Waals surface area contributed by atoms with Gasteiger partial charge in [-0.25, -0.2) is 15.0 Å². The average Bonchev–Trinajstić information content (AvgIpc) is 3.31. The van der Waals surface area contributed by atoms with Crippen LogP contribution in [0.1, 0.15) is 25.9 Å². The van der Waals surface area contributed by atoms with Crippen LogP contribution in [0.4, 0.5) is 0 Å². The molecule has 3 heterocycles. The molecule has 7 heteroatoms. The molecule has 6 nitrogen and oxygen atoms in total. The highest BCUT2D eigenvalue weighted by atomic mass is 32.1. The molecule has 0 unspecified atom stereocenters. The molecule has 5 rings (SSSR count). The maximum Gasteiger partial charge on any atom is 0.217 e. The summed E-state index contributed by atoms with van der Waals surface area (Å²) in [4.78, 5) is 39.3. The Balaban J connectivity index is 1.57. The van der Waals surface area contributed by atoms with E-state index in [1.54, 1.807) is 6.08 Å². The van der Waals surface area contributed by atoms with Crippen molar-refractivity contribution in [2.45, 2.75) is 0 Å². The zero-order valence-electron chi connectivity index (χ0n) is 14.2. The van der Waals surface area contributed by atoms with Crippen LogP contribution >= 0.6 is 11.3 Å². The molecule has 27 heavy (non-hydrogen) atoms. The lowest BCUT2D eigenvalue weighted by Crippen LogP contribution is -2.00. The fraction of sp³-hybridized carbons (Fsp3) is 0.0500. The van der Waals surface area contributed by atoms with Crippen molar-refractivity contribution in [3.05, 3.63) is 70.6 Å². The fourth-order valence-electron chi connectivity index (χ4n) is 3.21. The summed E-state index contributed by atoms with van der Waals surface area (Å²) in [5, 5.41) is 0. The quantitative estimate of drug-likeness (QED) is 0.397. The number of hydrogen-bond acceptors (Lipinski definition) is 6. The number of aromatic nitrogens is 4. The van der Waals surface area contributed by atoms with Crippen molar-refractivity contribution in [1.82, 2.24) is 19.5 Å². The third kappa shape index (κ3) is 2.36. The predicted molar refractivity (Wildman–Crippen MR) is 103 cm³/mol. The lowest BCUT2D eigenvalue weighted by atomic mass is 10.1. The molecule has 0 saturated carbocycles. The minimum absolute atomic E-state index is 0.103. The van der Waals surface area contributed by atoms with E-state index in [0.717, 1.165) is 26.6 Å². The van der Waals surface area contributed by atoms with E-state index in [0.29, 0.717) is 0 Å². The van der Waals surface area contributed by atoms with Gasteiger partial charge in [0.2, 0.25) is 11.6 Å². The SMILES string of the molecule is Cn1c(-c2ccccc2)nc2sc(C=C3C(=O)c4nccnc4C3=O)cc21. The fourth-order valence-corrected chi connectivity index (χ4v) is 4.22. The zero-order valence-corrected chi connectivity index (χ0v) is 15.0. The molecule has 0 aliphatic heterocycles. The molecule has 130 valence electrons. The van der Waals surface area contributed by atoms with Gasteiger partial charge in [-0.05, 0) is 12.1 Å². The van der Waals surface area contributed by atoms with Crippen LogP contribution in [0.3, 0.4) is 0 Å². The largest absolute Gasteiger partial charge is 0.326 e. The smallest absolute Gasteiger partial charge is 0.217 e. The molecule has 1 aromatic carbocycles. The lowest BCUT2D eigenvalue weighted by molar-refractivity contribution is 0.0988. The summed E-state index contributed by atoms with van der Waals surface area (Å²) in [6.45, 7) is 0. The van der Waals surface area contributed by atoms with E-state index in [9.17, 15) is 9.59 Å². The molecule has 3 aromatic heterocycles. The van der Waals surface area contributed by atoms with E-state index < -0.39 is 0 Å². The minimum Gasteiger partial charge on any atom is -0.326 e. The summed E-state index contributed by atoms with van der Waals surface area (Å²) in [5.41, 5.74) is 2.35. The first-order chi connectivity index (χ1) is 13.1. The van der Waals surface area contributed by atoms with Crippen molar-refractivity contribution in [3.63, 3.8) is 0 Å². The van der Waals surface area contributed by atoms with Gasteiger partial charge in [0, 0.05) is 29.9 Å². The highest BCUT2D eigenvalue weighted by Crippen LogP contribution is 2.32. The second kappa shape index (κ2) is 5.78. The highest BCUT2D eigenvalue weighted by Gasteiger charge is 2.35. The second-order valence-electron chi connectivity index (χ2n) is 6.17. The first-order valence-electron chi connectivity index (χ1n) is 8.27. The van der Waals surface area contributed by atoms with E-state index in [2.05, 4.69) is 9.97 Å². The molecule has 0 saturated heterocycles. The molecular formula is C20H12N4O2S. The molecule has 0 bridgehead atoms. The number of hydrogen-bond donors (Lipinski definition) is 0. The summed E-state index contributed by atoms with van der Waals surface area (Å²) >= 11 is 1.44. The van der Waals surface area contributed by atoms with Crippen molar-refractivity contribution >= 4 is 39.3 Å². The van der Waals surface area contributed by atoms with Crippen LogP contribution in [-0.4, -0.2) is 31.1 Å². The number of carbonyl (C=O) groups excluding carboxylic acids is 2. The number of thiophene rings is 1. The number of allylic oxidation sites excluding steroid dienone is 1. The van der Waals surface area contributed by atoms with Gasteiger partial charge in [-0.15, -0.1) is 11.3 Å². The topological polar surface area (TPSA) is 77.7 Å². The lowest BCUT2D eigenvalue weighted by Gasteiger charge is -2.01. The number of nitrogens with zero attached hydrogens (tertiary/aromatic N) is 4. The van der Waals surface area contributed by atoms with Gasteiger partial charge in [0.15, 0.2) is 0 Å². The van der Waals surface area contributed by atoms with E-state index >= 15 is 0 Å². The normalized spacial score (nSPS) is 13.4. The number of imidazole rings is 1. The molecule has 1 aliphatic carbocycles. The molecule has 0 radical (unpaired) electrons. The molecular weight excluding hydrogens is 360 g/mol. The standard InChI is InChI=1S/C20H12N4O2S/c1-24-14-10-12(27-20(14)23-19(24)11-5-3-2-4-6-11)9-13-17(25)15-16(18(13)26)22-8-7-21-15/h2-10H,1H3. The number of rotatable bonds is 2. The molecule has 0 amide bonds. The van der Waals surface area contributed by atoms with Gasteiger partial charge in [-0.2, -0.15) is 0 Å². The van der Waals surface area contributed by atoms with Crippen molar-refractivity contribution < 1.29 is 9.59 Å². The molecule has 0 fully saturated rings. The van der Waals surface area contributed by atoms with Crippen LogP contribution < -0.4 is 0 Å². The van der Waals surface area contributed by atoms with Crippen LogP contribution in [0.2, 0.25) is 0 Å². The van der Waals surface area contributed by atoms with E-state index in [1.165, 1.54) is 23.7 Å². The summed E-state index contributed by atoms with van der Waals surface area (Å²) in [5.74, 6) is 0.127. The highest BCUT2D eigenvalue weighted by molar-refractivity contribution is 7.19. The van der Waals surface area contributed by atoms with Crippen LogP contribution in [0.5, 0.6) is 0 Å². The van der Waals surface area contributed by atoms with Crippen LogP contribution in [0, 0.1) is 0 Å².